The standard InChI is InChI=1S/C26H34O11/c1-34-18-8-15(7-17(30)11-18)6-16(12-28)19-9-14(4-3-5-27)10-20(35-2)25(19)37-26-24(33)23(32)22(31)21(13-29)36-26/h3-4,7-11,16,21-24,26-33H,5-6,12-13H2,1-2H3/b4-3+/t16-,21-,22-,23+,24-,26+/m1/s1. The fourth-order valence-corrected chi connectivity index (χ4v) is 4.23. The zero-order chi connectivity index (χ0) is 27.1. The van der Waals surface area contributed by atoms with E-state index in [4.69, 9.17) is 18.9 Å². The van der Waals surface area contributed by atoms with Crippen molar-refractivity contribution in [2.24, 2.45) is 0 Å². The summed E-state index contributed by atoms with van der Waals surface area (Å²) in [4.78, 5) is 0. The van der Waals surface area contributed by atoms with Crippen LogP contribution in [0.2, 0.25) is 0 Å². The summed E-state index contributed by atoms with van der Waals surface area (Å²) >= 11 is 0. The van der Waals surface area contributed by atoms with Gasteiger partial charge in [-0.05, 0) is 41.8 Å². The van der Waals surface area contributed by atoms with Gasteiger partial charge in [-0.2, -0.15) is 0 Å². The van der Waals surface area contributed by atoms with Crippen LogP contribution in [0.25, 0.3) is 6.08 Å². The van der Waals surface area contributed by atoms with Crippen LogP contribution in [0.4, 0.5) is 0 Å². The van der Waals surface area contributed by atoms with Gasteiger partial charge < -0.3 is 54.7 Å². The molecule has 7 N–H and O–H groups in total. The van der Waals surface area contributed by atoms with Crippen LogP contribution in [0.3, 0.4) is 0 Å². The first-order valence-corrected chi connectivity index (χ1v) is 11.7. The van der Waals surface area contributed by atoms with Crippen LogP contribution in [0.15, 0.2) is 36.4 Å². The molecule has 6 atom stereocenters. The molecule has 0 spiro atoms. The number of methoxy groups -OCH3 is 2. The second-order valence-corrected chi connectivity index (χ2v) is 8.66. The van der Waals surface area contributed by atoms with Gasteiger partial charge in [0.1, 0.15) is 35.9 Å². The normalized spacial score (nSPS) is 24.7. The molecule has 0 saturated carbocycles. The van der Waals surface area contributed by atoms with Crippen LogP contribution >= 0.6 is 0 Å². The van der Waals surface area contributed by atoms with Gasteiger partial charge in [0, 0.05) is 17.5 Å². The molecule has 0 unspecified atom stereocenters. The van der Waals surface area contributed by atoms with E-state index in [0.717, 1.165) is 0 Å². The van der Waals surface area contributed by atoms with Crippen LogP contribution in [-0.4, -0.2) is 100 Å². The number of hydrogen-bond donors (Lipinski definition) is 7. The van der Waals surface area contributed by atoms with Crippen LogP contribution in [0, 0.1) is 0 Å². The van der Waals surface area contributed by atoms with Gasteiger partial charge in [-0.1, -0.05) is 12.2 Å². The number of phenolic OH excluding ortho intramolecular Hbond substituents is 1. The number of benzene rings is 2. The van der Waals surface area contributed by atoms with Gasteiger partial charge in [0.25, 0.3) is 0 Å². The average Bonchev–Trinajstić information content (AvgIpc) is 2.90. The van der Waals surface area contributed by atoms with Crippen LogP contribution in [0.1, 0.15) is 22.6 Å². The molecule has 0 aliphatic carbocycles. The Morgan fingerprint density at radius 3 is 2.32 bits per heavy atom. The van der Waals surface area contributed by atoms with Crippen molar-refractivity contribution in [2.75, 3.05) is 34.0 Å². The molecule has 1 aliphatic heterocycles. The summed E-state index contributed by atoms with van der Waals surface area (Å²) in [5.74, 6) is 0.114. The van der Waals surface area contributed by atoms with Gasteiger partial charge in [0.2, 0.25) is 6.29 Å². The van der Waals surface area contributed by atoms with Crippen molar-refractivity contribution < 1.29 is 54.7 Å². The monoisotopic (exact) mass is 522 g/mol. The highest BCUT2D eigenvalue weighted by molar-refractivity contribution is 5.60. The van der Waals surface area contributed by atoms with Crippen molar-refractivity contribution in [3.8, 4) is 23.0 Å². The molecule has 1 saturated heterocycles. The summed E-state index contributed by atoms with van der Waals surface area (Å²) < 4.78 is 22.2. The van der Waals surface area contributed by atoms with Crippen LogP contribution < -0.4 is 14.2 Å². The predicted molar refractivity (Wildman–Crippen MR) is 132 cm³/mol. The van der Waals surface area contributed by atoms with Crippen molar-refractivity contribution in [3.05, 3.63) is 53.1 Å². The van der Waals surface area contributed by atoms with Crippen molar-refractivity contribution in [1.29, 1.82) is 0 Å². The maximum absolute atomic E-state index is 10.5. The number of rotatable bonds is 11. The van der Waals surface area contributed by atoms with Crippen molar-refractivity contribution in [2.45, 2.75) is 43.0 Å². The molecule has 11 heteroatoms. The summed E-state index contributed by atoms with van der Waals surface area (Å²) in [6.07, 6.45) is -4.13. The molecular weight excluding hydrogens is 488 g/mol. The molecule has 1 heterocycles. The molecular formula is C26H34O11. The van der Waals surface area contributed by atoms with Crippen molar-refractivity contribution in [3.63, 3.8) is 0 Å². The van der Waals surface area contributed by atoms with E-state index in [2.05, 4.69) is 0 Å². The Kier molecular flexibility index (Phi) is 10.1. The lowest BCUT2D eigenvalue weighted by molar-refractivity contribution is -0.277. The molecule has 0 amide bonds. The van der Waals surface area contributed by atoms with E-state index in [-0.39, 0.29) is 36.9 Å². The molecule has 3 rings (SSSR count). The maximum Gasteiger partial charge on any atom is 0.229 e. The lowest BCUT2D eigenvalue weighted by atomic mass is 9.90. The minimum atomic E-state index is -1.66. The zero-order valence-corrected chi connectivity index (χ0v) is 20.6. The second kappa shape index (κ2) is 13.1. The van der Waals surface area contributed by atoms with E-state index in [0.29, 0.717) is 22.4 Å². The molecule has 11 nitrogen and oxygen atoms in total. The van der Waals surface area contributed by atoms with E-state index in [1.165, 1.54) is 32.4 Å². The van der Waals surface area contributed by atoms with E-state index in [9.17, 15) is 35.7 Å². The number of aromatic hydroxyl groups is 1. The third-order valence-corrected chi connectivity index (χ3v) is 6.15. The minimum Gasteiger partial charge on any atom is -0.508 e. The molecule has 0 radical (unpaired) electrons. The Morgan fingerprint density at radius 2 is 1.70 bits per heavy atom. The summed E-state index contributed by atoms with van der Waals surface area (Å²) in [5.41, 5.74) is 1.72. The Labute approximate surface area is 214 Å². The number of aliphatic hydroxyl groups excluding tert-OH is 6. The van der Waals surface area contributed by atoms with E-state index < -0.39 is 43.2 Å². The fourth-order valence-electron chi connectivity index (χ4n) is 4.23. The summed E-state index contributed by atoms with van der Waals surface area (Å²) in [5, 5.41) is 70.0. The maximum atomic E-state index is 10.5. The van der Waals surface area contributed by atoms with Crippen molar-refractivity contribution >= 4 is 6.08 Å². The number of ether oxygens (including phenoxy) is 4. The largest absolute Gasteiger partial charge is 0.508 e. The first kappa shape index (κ1) is 28.7. The van der Waals surface area contributed by atoms with E-state index in [1.807, 2.05) is 0 Å². The lowest BCUT2D eigenvalue weighted by Crippen LogP contribution is -2.60. The molecule has 2 aromatic carbocycles. The third-order valence-electron chi connectivity index (χ3n) is 6.15. The highest BCUT2D eigenvalue weighted by Gasteiger charge is 2.45. The SMILES string of the molecule is COc1cc(O)cc(C[C@H](CO)c2cc(/C=C/CO)cc(OC)c2O[C@@H]2O[C@H](CO)[C@@H](O)[C@H](O)[C@H]2O)c1. The second-order valence-electron chi connectivity index (χ2n) is 8.66. The summed E-state index contributed by atoms with van der Waals surface area (Å²) in [6.45, 7) is -1.18. The molecule has 2 aromatic rings. The van der Waals surface area contributed by atoms with E-state index >= 15 is 0 Å². The zero-order valence-electron chi connectivity index (χ0n) is 20.6. The average molecular weight is 523 g/mol. The first-order chi connectivity index (χ1) is 17.8. The molecule has 204 valence electrons. The van der Waals surface area contributed by atoms with Crippen LogP contribution in [0.5, 0.6) is 23.0 Å². The Bertz CT molecular complexity index is 1060. The van der Waals surface area contributed by atoms with Gasteiger partial charge in [0.15, 0.2) is 11.5 Å². The topological polar surface area (TPSA) is 179 Å². The lowest BCUT2D eigenvalue weighted by Gasteiger charge is -2.40. The van der Waals surface area contributed by atoms with Gasteiger partial charge >= 0.3 is 0 Å². The highest BCUT2D eigenvalue weighted by atomic mass is 16.7. The highest BCUT2D eigenvalue weighted by Crippen LogP contribution is 2.41. The Hall–Kier alpha value is -2.90. The fraction of sp³-hybridized carbons (Fsp3) is 0.462. The van der Waals surface area contributed by atoms with Gasteiger partial charge in [-0.15, -0.1) is 0 Å². The number of phenols is 1. The Morgan fingerprint density at radius 1 is 0.946 bits per heavy atom. The first-order valence-electron chi connectivity index (χ1n) is 11.7. The molecule has 37 heavy (non-hydrogen) atoms. The Balaban J connectivity index is 2.07. The third kappa shape index (κ3) is 6.70. The van der Waals surface area contributed by atoms with Gasteiger partial charge in [-0.3, -0.25) is 0 Å². The summed E-state index contributed by atoms with van der Waals surface area (Å²) in [7, 11) is 2.86. The summed E-state index contributed by atoms with van der Waals surface area (Å²) in [6, 6.07) is 8.02. The van der Waals surface area contributed by atoms with Crippen molar-refractivity contribution in [1.82, 2.24) is 0 Å². The smallest absolute Gasteiger partial charge is 0.229 e. The van der Waals surface area contributed by atoms with Gasteiger partial charge in [0.05, 0.1) is 34.0 Å². The minimum absolute atomic E-state index is 0.0129. The quantitative estimate of drug-likeness (QED) is 0.210. The van der Waals surface area contributed by atoms with Gasteiger partial charge in [-0.25, -0.2) is 0 Å². The van der Waals surface area contributed by atoms with Crippen LogP contribution in [-0.2, 0) is 11.2 Å². The molecule has 0 aromatic heterocycles. The number of aliphatic hydroxyl groups is 6. The number of hydrogen-bond acceptors (Lipinski definition) is 11. The predicted octanol–water partition coefficient (Wildman–Crippen LogP) is -0.0878. The van der Waals surface area contributed by atoms with E-state index in [1.54, 1.807) is 24.3 Å². The molecule has 1 fully saturated rings. The molecule has 1 aliphatic rings. The molecule has 0 bridgehead atoms.